The summed E-state index contributed by atoms with van der Waals surface area (Å²) in [6.07, 6.45) is 0.253. The zero-order valence-corrected chi connectivity index (χ0v) is 10.9. The Balaban J connectivity index is 1.73. The average Bonchev–Trinajstić information content (AvgIpc) is 2.90. The van der Waals surface area contributed by atoms with Crippen molar-refractivity contribution < 1.29 is 9.59 Å². The van der Waals surface area contributed by atoms with E-state index in [0.29, 0.717) is 5.69 Å². The highest BCUT2D eigenvalue weighted by Gasteiger charge is 2.06. The number of benzene rings is 1. The lowest BCUT2D eigenvalue weighted by Gasteiger charge is -2.08. The van der Waals surface area contributed by atoms with Gasteiger partial charge in [0.05, 0.1) is 6.42 Å². The summed E-state index contributed by atoms with van der Waals surface area (Å²) in [6, 6.07) is 12.3. The molecule has 0 aliphatic rings. The van der Waals surface area contributed by atoms with Gasteiger partial charge < -0.3 is 5.32 Å². The Morgan fingerprint density at radius 1 is 1.00 bits per heavy atom. The summed E-state index contributed by atoms with van der Waals surface area (Å²) in [6.45, 7) is 0. The topological polar surface area (TPSA) is 70.2 Å². The van der Waals surface area contributed by atoms with Crippen molar-refractivity contribution in [2.75, 3.05) is 5.32 Å². The molecule has 5 nitrogen and oxygen atoms in total. The molecule has 0 aliphatic heterocycles. The molecule has 19 heavy (non-hydrogen) atoms. The molecule has 0 fully saturated rings. The summed E-state index contributed by atoms with van der Waals surface area (Å²) in [4.78, 5) is 24.0. The van der Waals surface area contributed by atoms with E-state index < -0.39 is 6.03 Å². The van der Waals surface area contributed by atoms with Crippen LogP contribution >= 0.6 is 11.3 Å². The van der Waals surface area contributed by atoms with Crippen molar-refractivity contribution in [3.8, 4) is 0 Å². The molecule has 0 spiro atoms. The third-order valence-corrected chi connectivity index (χ3v) is 3.14. The van der Waals surface area contributed by atoms with Crippen LogP contribution in [0.2, 0.25) is 0 Å². The maximum atomic E-state index is 11.5. The largest absolute Gasteiger partial charge is 0.337 e. The third-order valence-electron chi connectivity index (χ3n) is 2.26. The number of thiophene rings is 1. The Kier molecular flexibility index (Phi) is 4.52. The predicted molar refractivity (Wildman–Crippen MR) is 74.8 cm³/mol. The Morgan fingerprint density at radius 3 is 2.47 bits per heavy atom. The first-order chi connectivity index (χ1) is 9.24. The molecule has 0 bridgehead atoms. The first kappa shape index (κ1) is 13.1. The fourth-order valence-electron chi connectivity index (χ4n) is 1.43. The van der Waals surface area contributed by atoms with E-state index in [1.807, 2.05) is 35.7 Å². The minimum atomic E-state index is -0.481. The molecule has 0 radical (unpaired) electrons. The van der Waals surface area contributed by atoms with Crippen LogP contribution < -0.4 is 16.2 Å². The molecule has 0 unspecified atom stereocenters. The number of carbonyl (C=O) groups is 2. The smallest absolute Gasteiger partial charge is 0.307 e. The number of amides is 3. The van der Waals surface area contributed by atoms with E-state index in [0.717, 1.165) is 4.88 Å². The number of rotatable bonds is 3. The average molecular weight is 275 g/mol. The minimum Gasteiger partial charge on any atom is -0.307 e. The normalized spacial score (nSPS) is 9.68. The quantitative estimate of drug-likeness (QED) is 0.751. The lowest BCUT2D eigenvalue weighted by atomic mass is 10.3. The van der Waals surface area contributed by atoms with Gasteiger partial charge in [0.15, 0.2) is 0 Å². The van der Waals surface area contributed by atoms with Crippen LogP contribution in [-0.4, -0.2) is 11.9 Å². The summed E-state index contributed by atoms with van der Waals surface area (Å²) in [7, 11) is 0. The second kappa shape index (κ2) is 6.55. The van der Waals surface area contributed by atoms with Gasteiger partial charge in [-0.05, 0) is 23.6 Å². The van der Waals surface area contributed by atoms with Gasteiger partial charge in [0.2, 0.25) is 5.91 Å². The van der Waals surface area contributed by atoms with E-state index in [1.54, 1.807) is 12.1 Å². The third kappa shape index (κ3) is 4.44. The zero-order valence-electron chi connectivity index (χ0n) is 10.1. The summed E-state index contributed by atoms with van der Waals surface area (Å²) in [5.41, 5.74) is 5.30. The molecule has 2 aromatic rings. The van der Waals surface area contributed by atoms with Gasteiger partial charge in [-0.1, -0.05) is 24.3 Å². The Bertz CT molecular complexity index is 540. The van der Waals surface area contributed by atoms with Crippen molar-refractivity contribution >= 4 is 29.0 Å². The molecule has 1 aromatic carbocycles. The number of anilines is 1. The summed E-state index contributed by atoms with van der Waals surface area (Å²) in [5, 5.41) is 4.49. The minimum absolute atomic E-state index is 0.253. The van der Waals surface area contributed by atoms with Crippen molar-refractivity contribution in [2.45, 2.75) is 6.42 Å². The van der Waals surface area contributed by atoms with Crippen molar-refractivity contribution in [3.05, 3.63) is 52.7 Å². The maximum absolute atomic E-state index is 11.5. The standard InChI is InChI=1S/C13H13N3O2S/c17-12(9-11-7-4-8-19-11)15-16-13(18)14-10-5-2-1-3-6-10/h1-8H,9H2,(H,15,17)(H2,14,16,18). The van der Waals surface area contributed by atoms with Crippen LogP contribution in [0, 0.1) is 0 Å². The Labute approximate surface area is 114 Å². The molecule has 3 amide bonds. The van der Waals surface area contributed by atoms with Gasteiger partial charge in [-0.3, -0.25) is 10.2 Å². The molecule has 2 rings (SSSR count). The van der Waals surface area contributed by atoms with E-state index in [9.17, 15) is 9.59 Å². The molecule has 0 atom stereocenters. The predicted octanol–water partition coefficient (Wildman–Crippen LogP) is 2.14. The first-order valence-electron chi connectivity index (χ1n) is 5.67. The van der Waals surface area contributed by atoms with Gasteiger partial charge in [0, 0.05) is 10.6 Å². The number of hydrogen-bond donors (Lipinski definition) is 3. The van der Waals surface area contributed by atoms with E-state index in [2.05, 4.69) is 16.2 Å². The monoisotopic (exact) mass is 275 g/mol. The van der Waals surface area contributed by atoms with Crippen LogP contribution in [0.5, 0.6) is 0 Å². The van der Waals surface area contributed by atoms with E-state index in [1.165, 1.54) is 11.3 Å². The van der Waals surface area contributed by atoms with Gasteiger partial charge in [-0.2, -0.15) is 0 Å². The second-order valence-electron chi connectivity index (χ2n) is 3.75. The van der Waals surface area contributed by atoms with Crippen LogP contribution in [-0.2, 0) is 11.2 Å². The molecule has 3 N–H and O–H groups in total. The molecular weight excluding hydrogens is 262 g/mol. The fraction of sp³-hybridized carbons (Fsp3) is 0.0769. The number of carbonyl (C=O) groups excluding carboxylic acids is 2. The van der Waals surface area contributed by atoms with Crippen molar-refractivity contribution in [1.82, 2.24) is 10.9 Å². The van der Waals surface area contributed by atoms with E-state index >= 15 is 0 Å². The molecule has 0 saturated carbocycles. The van der Waals surface area contributed by atoms with Crippen molar-refractivity contribution in [1.29, 1.82) is 0 Å². The van der Waals surface area contributed by atoms with Gasteiger partial charge in [-0.15, -0.1) is 11.3 Å². The summed E-state index contributed by atoms with van der Waals surface area (Å²) >= 11 is 1.50. The number of urea groups is 1. The molecule has 0 aliphatic carbocycles. The number of hydrogen-bond acceptors (Lipinski definition) is 3. The molecular formula is C13H13N3O2S. The van der Waals surface area contributed by atoms with Crippen LogP contribution in [0.15, 0.2) is 47.8 Å². The van der Waals surface area contributed by atoms with Gasteiger partial charge in [0.1, 0.15) is 0 Å². The van der Waals surface area contributed by atoms with Crippen LogP contribution in [0.1, 0.15) is 4.88 Å². The van der Waals surface area contributed by atoms with Gasteiger partial charge in [0.25, 0.3) is 0 Å². The van der Waals surface area contributed by atoms with Gasteiger partial charge in [-0.25, -0.2) is 10.2 Å². The first-order valence-corrected chi connectivity index (χ1v) is 6.55. The number of nitrogens with one attached hydrogen (secondary N) is 3. The highest BCUT2D eigenvalue weighted by molar-refractivity contribution is 7.10. The summed E-state index contributed by atoms with van der Waals surface area (Å²) in [5.74, 6) is -0.259. The highest BCUT2D eigenvalue weighted by Crippen LogP contribution is 2.08. The number of hydrazine groups is 1. The fourth-order valence-corrected chi connectivity index (χ4v) is 2.13. The van der Waals surface area contributed by atoms with Gasteiger partial charge >= 0.3 is 6.03 Å². The van der Waals surface area contributed by atoms with E-state index in [4.69, 9.17) is 0 Å². The Hall–Kier alpha value is -2.34. The summed E-state index contributed by atoms with van der Waals surface area (Å²) < 4.78 is 0. The molecule has 1 aromatic heterocycles. The zero-order chi connectivity index (χ0) is 13.5. The van der Waals surface area contributed by atoms with E-state index in [-0.39, 0.29) is 12.3 Å². The highest BCUT2D eigenvalue weighted by atomic mass is 32.1. The van der Waals surface area contributed by atoms with Crippen molar-refractivity contribution in [2.24, 2.45) is 0 Å². The van der Waals surface area contributed by atoms with Crippen LogP contribution in [0.4, 0.5) is 10.5 Å². The molecule has 6 heteroatoms. The lowest BCUT2D eigenvalue weighted by Crippen LogP contribution is -2.44. The van der Waals surface area contributed by atoms with Crippen LogP contribution in [0.3, 0.4) is 0 Å². The second-order valence-corrected chi connectivity index (χ2v) is 4.78. The maximum Gasteiger partial charge on any atom is 0.337 e. The lowest BCUT2D eigenvalue weighted by molar-refractivity contribution is -0.121. The van der Waals surface area contributed by atoms with Crippen molar-refractivity contribution in [3.63, 3.8) is 0 Å². The SMILES string of the molecule is O=C(Cc1cccs1)NNC(=O)Nc1ccccc1. The van der Waals surface area contributed by atoms with Crippen LogP contribution in [0.25, 0.3) is 0 Å². The molecule has 0 saturated heterocycles. The Morgan fingerprint density at radius 2 is 1.79 bits per heavy atom. The number of para-hydroxylation sites is 1. The molecule has 98 valence electrons. The molecule has 1 heterocycles.